The third-order valence-electron chi connectivity index (χ3n) is 4.02. The van der Waals surface area contributed by atoms with Gasteiger partial charge in [-0.25, -0.2) is 0 Å². The predicted octanol–water partition coefficient (Wildman–Crippen LogP) is 2.51. The second-order valence-corrected chi connectivity index (χ2v) is 6.05. The van der Waals surface area contributed by atoms with Crippen molar-refractivity contribution in [3.05, 3.63) is 47.5 Å². The fourth-order valence-electron chi connectivity index (χ4n) is 2.89. The summed E-state index contributed by atoms with van der Waals surface area (Å²) in [7, 11) is 0. The number of rotatable bonds is 5. The number of nitrogens with zero attached hydrogens (tertiary/aromatic N) is 3. The van der Waals surface area contributed by atoms with Crippen LogP contribution in [0.1, 0.15) is 43.9 Å². The molecule has 0 bridgehead atoms. The number of aliphatic hydroxyl groups is 1. The minimum absolute atomic E-state index is 0.0105. The molecule has 1 heterocycles. The van der Waals surface area contributed by atoms with Gasteiger partial charge in [-0.1, -0.05) is 44.2 Å². The molecule has 1 aromatic carbocycles. The van der Waals surface area contributed by atoms with Crippen LogP contribution >= 0.6 is 0 Å². The van der Waals surface area contributed by atoms with Crippen molar-refractivity contribution in [1.82, 2.24) is 14.8 Å². The molecule has 1 saturated carbocycles. The van der Waals surface area contributed by atoms with E-state index in [0.717, 1.165) is 25.2 Å². The second-order valence-electron chi connectivity index (χ2n) is 6.05. The Morgan fingerprint density at radius 2 is 1.90 bits per heavy atom. The summed E-state index contributed by atoms with van der Waals surface area (Å²) < 4.78 is 2.12. The fraction of sp³-hybridized carbons (Fsp3) is 0.500. The van der Waals surface area contributed by atoms with Crippen LogP contribution < -0.4 is 0 Å². The van der Waals surface area contributed by atoms with E-state index in [0.29, 0.717) is 11.7 Å². The fourth-order valence-corrected chi connectivity index (χ4v) is 2.89. The van der Waals surface area contributed by atoms with Gasteiger partial charge >= 0.3 is 0 Å². The van der Waals surface area contributed by atoms with Gasteiger partial charge < -0.3 is 9.67 Å². The van der Waals surface area contributed by atoms with Crippen LogP contribution in [-0.2, 0) is 18.6 Å². The van der Waals surface area contributed by atoms with E-state index in [-0.39, 0.29) is 12.0 Å². The minimum Gasteiger partial charge on any atom is -0.388 e. The number of aliphatic hydroxyl groups excluding tert-OH is 1. The largest absolute Gasteiger partial charge is 0.388 e. The van der Waals surface area contributed by atoms with Gasteiger partial charge in [-0.2, -0.15) is 0 Å². The Morgan fingerprint density at radius 3 is 2.45 bits per heavy atom. The van der Waals surface area contributed by atoms with Crippen LogP contribution in [0, 0.1) is 5.92 Å². The first-order chi connectivity index (χ1) is 9.67. The molecule has 0 atom stereocenters. The van der Waals surface area contributed by atoms with E-state index < -0.39 is 0 Å². The lowest BCUT2D eigenvalue weighted by atomic mass is 9.95. The molecule has 1 aliphatic carbocycles. The lowest BCUT2D eigenvalue weighted by molar-refractivity contribution is 0.261. The van der Waals surface area contributed by atoms with Gasteiger partial charge in [0.1, 0.15) is 12.4 Å². The molecule has 0 saturated heterocycles. The molecular weight excluding hydrogens is 250 g/mol. The highest BCUT2D eigenvalue weighted by Gasteiger charge is 2.50. The molecule has 1 fully saturated rings. The third kappa shape index (κ3) is 2.14. The van der Waals surface area contributed by atoms with Gasteiger partial charge in [-0.15, -0.1) is 10.2 Å². The summed E-state index contributed by atoms with van der Waals surface area (Å²) in [5.74, 6) is 2.19. The molecular formula is C16H21N3O. The molecule has 0 aliphatic heterocycles. The van der Waals surface area contributed by atoms with Crippen molar-refractivity contribution in [2.45, 2.75) is 45.3 Å². The molecule has 0 unspecified atom stereocenters. The molecule has 4 nitrogen and oxygen atoms in total. The van der Waals surface area contributed by atoms with Crippen molar-refractivity contribution in [1.29, 1.82) is 0 Å². The van der Waals surface area contributed by atoms with Crippen LogP contribution in [-0.4, -0.2) is 19.9 Å². The Balaban J connectivity index is 2.04. The maximum Gasteiger partial charge on any atom is 0.158 e. The molecule has 0 radical (unpaired) electrons. The van der Waals surface area contributed by atoms with Crippen LogP contribution in [0.15, 0.2) is 30.3 Å². The van der Waals surface area contributed by atoms with Crippen LogP contribution in [0.3, 0.4) is 0 Å². The normalized spacial score (nSPS) is 16.6. The summed E-state index contributed by atoms with van der Waals surface area (Å²) in [6, 6.07) is 10.5. The molecule has 3 rings (SSSR count). The Morgan fingerprint density at radius 1 is 1.20 bits per heavy atom. The predicted molar refractivity (Wildman–Crippen MR) is 77.2 cm³/mol. The standard InChI is InChI=1S/C16H21N3O/c1-12(2)10-19-14(11-20)17-18-15(19)16(8-9-16)13-6-4-3-5-7-13/h3-7,12,20H,8-11H2,1-2H3. The third-order valence-corrected chi connectivity index (χ3v) is 4.02. The summed E-state index contributed by atoms with van der Waals surface area (Å²) in [6.45, 7) is 5.15. The second kappa shape index (κ2) is 5.02. The van der Waals surface area contributed by atoms with E-state index >= 15 is 0 Å². The van der Waals surface area contributed by atoms with E-state index in [1.165, 1.54) is 5.56 Å². The quantitative estimate of drug-likeness (QED) is 0.909. The van der Waals surface area contributed by atoms with Crippen LogP contribution in [0.4, 0.5) is 0 Å². The number of hydrogen-bond donors (Lipinski definition) is 1. The summed E-state index contributed by atoms with van der Waals surface area (Å²) in [4.78, 5) is 0. The van der Waals surface area contributed by atoms with Crippen molar-refractivity contribution in [3.8, 4) is 0 Å². The Hall–Kier alpha value is -1.68. The van der Waals surface area contributed by atoms with E-state index in [2.05, 4.69) is 52.9 Å². The maximum atomic E-state index is 9.48. The van der Waals surface area contributed by atoms with Gasteiger partial charge in [0.25, 0.3) is 0 Å². The molecule has 106 valence electrons. The van der Waals surface area contributed by atoms with E-state index in [1.54, 1.807) is 0 Å². The average Bonchev–Trinajstić information content (AvgIpc) is 3.16. The van der Waals surface area contributed by atoms with Crippen molar-refractivity contribution in [2.75, 3.05) is 0 Å². The Kier molecular flexibility index (Phi) is 3.34. The highest BCUT2D eigenvalue weighted by atomic mass is 16.3. The van der Waals surface area contributed by atoms with Crippen molar-refractivity contribution in [3.63, 3.8) is 0 Å². The van der Waals surface area contributed by atoms with Gasteiger partial charge in [-0.3, -0.25) is 0 Å². The minimum atomic E-state index is -0.0510. The van der Waals surface area contributed by atoms with Crippen LogP contribution in [0.2, 0.25) is 0 Å². The first kappa shape index (κ1) is 13.3. The average molecular weight is 271 g/mol. The highest BCUT2D eigenvalue weighted by molar-refractivity contribution is 5.39. The van der Waals surface area contributed by atoms with Crippen LogP contribution in [0.25, 0.3) is 0 Å². The Labute approximate surface area is 119 Å². The van der Waals surface area contributed by atoms with Gasteiger partial charge in [0.15, 0.2) is 5.82 Å². The molecule has 0 amide bonds. The SMILES string of the molecule is CC(C)Cn1c(CO)nnc1C1(c2ccccc2)CC1. The molecule has 20 heavy (non-hydrogen) atoms. The van der Waals surface area contributed by atoms with Gasteiger partial charge in [-0.05, 0) is 24.3 Å². The zero-order valence-electron chi connectivity index (χ0n) is 12.1. The lowest BCUT2D eigenvalue weighted by Gasteiger charge is -2.19. The van der Waals surface area contributed by atoms with Gasteiger partial charge in [0.2, 0.25) is 0 Å². The van der Waals surface area contributed by atoms with Crippen molar-refractivity contribution < 1.29 is 5.11 Å². The topological polar surface area (TPSA) is 50.9 Å². The molecule has 2 aromatic rings. The summed E-state index contributed by atoms with van der Waals surface area (Å²) >= 11 is 0. The highest BCUT2D eigenvalue weighted by Crippen LogP contribution is 2.52. The molecule has 4 heteroatoms. The van der Waals surface area contributed by atoms with Crippen molar-refractivity contribution >= 4 is 0 Å². The van der Waals surface area contributed by atoms with Gasteiger partial charge in [0.05, 0.1) is 5.41 Å². The summed E-state index contributed by atoms with van der Waals surface area (Å²) in [5, 5.41) is 18.1. The number of hydrogen-bond acceptors (Lipinski definition) is 3. The lowest BCUT2D eigenvalue weighted by Crippen LogP contribution is -2.20. The van der Waals surface area contributed by atoms with E-state index in [1.807, 2.05) is 6.07 Å². The monoisotopic (exact) mass is 271 g/mol. The summed E-state index contributed by atoms with van der Waals surface area (Å²) in [5.41, 5.74) is 1.32. The van der Waals surface area contributed by atoms with Crippen molar-refractivity contribution in [2.24, 2.45) is 5.92 Å². The molecule has 0 spiro atoms. The Bertz CT molecular complexity index is 585. The molecule has 1 aromatic heterocycles. The zero-order chi connectivity index (χ0) is 14.2. The molecule has 1 aliphatic rings. The van der Waals surface area contributed by atoms with Crippen LogP contribution in [0.5, 0.6) is 0 Å². The first-order valence-electron chi connectivity index (χ1n) is 7.26. The molecule has 1 N–H and O–H groups in total. The smallest absolute Gasteiger partial charge is 0.158 e. The number of benzene rings is 1. The number of aromatic nitrogens is 3. The summed E-state index contributed by atoms with van der Waals surface area (Å²) in [6.07, 6.45) is 2.22. The van der Waals surface area contributed by atoms with E-state index in [4.69, 9.17) is 0 Å². The van der Waals surface area contributed by atoms with E-state index in [9.17, 15) is 5.11 Å². The maximum absolute atomic E-state index is 9.48. The zero-order valence-corrected chi connectivity index (χ0v) is 12.1. The van der Waals surface area contributed by atoms with Gasteiger partial charge in [0, 0.05) is 6.54 Å². The first-order valence-corrected chi connectivity index (χ1v) is 7.26.